The number of nitrogens with zero attached hydrogens (tertiary/aromatic N) is 2. The van der Waals surface area contributed by atoms with Crippen LogP contribution in [0.1, 0.15) is 61.6 Å². The monoisotopic (exact) mass is 501 g/mol. The summed E-state index contributed by atoms with van der Waals surface area (Å²) in [6.45, 7) is 4.01. The number of rotatable bonds is 4. The predicted molar refractivity (Wildman–Crippen MR) is 138 cm³/mol. The highest BCUT2D eigenvalue weighted by Gasteiger charge is 2.42. The van der Waals surface area contributed by atoms with E-state index in [-0.39, 0.29) is 23.2 Å². The van der Waals surface area contributed by atoms with Crippen LogP contribution in [0.2, 0.25) is 0 Å². The maximum atomic E-state index is 13.7. The zero-order chi connectivity index (χ0) is 24.3. The normalized spacial score (nSPS) is 19.3. The lowest BCUT2D eigenvalue weighted by atomic mass is 9.75. The maximum absolute atomic E-state index is 13.7. The summed E-state index contributed by atoms with van der Waals surface area (Å²) in [4.78, 5) is 28.0. The number of hydrogen-bond donors (Lipinski definition) is 2. The van der Waals surface area contributed by atoms with Gasteiger partial charge in [0, 0.05) is 38.9 Å². The molecule has 6 rings (SSSR count). The SMILES string of the molecule is Cc1ccsc1[C@@H]1C2=C(C[C@H](c3cccs3)CC2=O)Nc2c1c(C)nn2-c1ccccc1C(=O)O. The van der Waals surface area contributed by atoms with Gasteiger partial charge in [-0.25, -0.2) is 9.48 Å². The molecule has 176 valence electrons. The Hall–Kier alpha value is -3.49. The lowest BCUT2D eigenvalue weighted by molar-refractivity contribution is -0.116. The first-order chi connectivity index (χ1) is 16.9. The molecule has 0 bridgehead atoms. The van der Waals surface area contributed by atoms with Crippen LogP contribution < -0.4 is 5.32 Å². The van der Waals surface area contributed by atoms with Gasteiger partial charge in [-0.15, -0.1) is 22.7 Å². The first kappa shape index (κ1) is 22.0. The molecule has 0 unspecified atom stereocenters. The van der Waals surface area contributed by atoms with Crippen molar-refractivity contribution in [2.45, 2.75) is 38.5 Å². The number of aromatic nitrogens is 2. The van der Waals surface area contributed by atoms with E-state index in [9.17, 15) is 14.7 Å². The van der Waals surface area contributed by atoms with Gasteiger partial charge in [-0.3, -0.25) is 4.79 Å². The van der Waals surface area contributed by atoms with Crippen LogP contribution in [0.4, 0.5) is 5.82 Å². The topological polar surface area (TPSA) is 84.2 Å². The van der Waals surface area contributed by atoms with E-state index in [1.165, 1.54) is 4.88 Å². The van der Waals surface area contributed by atoms with Gasteiger partial charge in [0.2, 0.25) is 0 Å². The van der Waals surface area contributed by atoms with E-state index in [4.69, 9.17) is 5.10 Å². The van der Waals surface area contributed by atoms with E-state index < -0.39 is 5.97 Å². The standard InChI is InChI=1S/C27H23N3O3S2/c1-14-9-11-35-25(14)24-22-15(2)29-30(19-7-4-3-6-17(19)27(32)33)26(22)28-18-12-16(13-20(31)23(18)24)21-8-5-10-34-21/h3-11,16,24,28H,12-13H2,1-2H3,(H,32,33)/t16-,24-/m0/s1. The average molecular weight is 502 g/mol. The van der Waals surface area contributed by atoms with Gasteiger partial charge >= 0.3 is 5.97 Å². The quantitative estimate of drug-likeness (QED) is 0.344. The number of fused-ring (bicyclic) bond motifs is 1. The number of nitrogens with one attached hydrogen (secondary N) is 1. The highest BCUT2D eigenvalue weighted by atomic mass is 32.1. The number of anilines is 1. The number of allylic oxidation sites excluding steroid dienone is 2. The molecular weight excluding hydrogens is 478 g/mol. The number of carbonyl (C=O) groups is 2. The van der Waals surface area contributed by atoms with Crippen molar-refractivity contribution in [2.75, 3.05) is 5.32 Å². The molecule has 0 saturated carbocycles. The van der Waals surface area contributed by atoms with Crippen LogP contribution >= 0.6 is 22.7 Å². The van der Waals surface area contributed by atoms with Crippen LogP contribution in [0.5, 0.6) is 0 Å². The number of ketones is 1. The van der Waals surface area contributed by atoms with Crippen LogP contribution in [-0.2, 0) is 4.79 Å². The van der Waals surface area contributed by atoms with Crippen LogP contribution in [0.15, 0.2) is 64.5 Å². The Kier molecular flexibility index (Phi) is 5.23. The second kappa shape index (κ2) is 8.32. The molecule has 1 aliphatic carbocycles. The predicted octanol–water partition coefficient (Wildman–Crippen LogP) is 6.27. The summed E-state index contributed by atoms with van der Waals surface area (Å²) in [5.74, 6) is -0.187. The van der Waals surface area contributed by atoms with Crippen LogP contribution in [-0.4, -0.2) is 26.6 Å². The first-order valence-corrected chi connectivity index (χ1v) is 13.2. The van der Waals surface area contributed by atoms with Gasteiger partial charge in [0.05, 0.1) is 22.9 Å². The summed E-state index contributed by atoms with van der Waals surface area (Å²) in [6, 6.07) is 13.1. The fraction of sp³-hybridized carbons (Fsp3) is 0.222. The number of carboxylic acid groups (broad SMARTS) is 1. The van der Waals surface area contributed by atoms with Crippen molar-refractivity contribution in [2.24, 2.45) is 0 Å². The molecule has 2 aliphatic rings. The second-order valence-corrected chi connectivity index (χ2v) is 11.0. The van der Waals surface area contributed by atoms with Crippen molar-refractivity contribution >= 4 is 40.2 Å². The molecule has 0 fully saturated rings. The minimum absolute atomic E-state index is 0.129. The zero-order valence-electron chi connectivity index (χ0n) is 19.2. The Balaban J connectivity index is 1.57. The minimum atomic E-state index is -1.01. The van der Waals surface area contributed by atoms with Crippen LogP contribution in [0.3, 0.4) is 0 Å². The number of Topliss-reactive ketones (excluding diaryl/α,β-unsaturated/α-hetero) is 1. The van der Waals surface area contributed by atoms with Gasteiger partial charge in [-0.1, -0.05) is 18.2 Å². The number of thiophene rings is 2. The molecule has 2 N–H and O–H groups in total. The average Bonchev–Trinajstić information content (AvgIpc) is 3.59. The summed E-state index contributed by atoms with van der Waals surface area (Å²) in [5, 5.41) is 22.3. The van der Waals surface area contributed by atoms with Crippen LogP contribution in [0, 0.1) is 13.8 Å². The Morgan fingerprint density at radius 3 is 2.63 bits per heavy atom. The number of para-hydroxylation sites is 1. The number of hydrogen-bond acceptors (Lipinski definition) is 6. The van der Waals surface area contributed by atoms with E-state index in [2.05, 4.69) is 35.1 Å². The molecule has 2 atom stereocenters. The fourth-order valence-corrected chi connectivity index (χ4v) is 7.23. The Bertz CT molecular complexity index is 1510. The summed E-state index contributed by atoms with van der Waals surface area (Å²) in [5.41, 5.74) is 5.29. The van der Waals surface area contributed by atoms with Crippen molar-refractivity contribution in [3.63, 3.8) is 0 Å². The fourth-order valence-electron chi connectivity index (χ4n) is 5.36. The van der Waals surface area contributed by atoms with Crippen molar-refractivity contribution in [3.05, 3.63) is 96.6 Å². The van der Waals surface area contributed by atoms with Gasteiger partial charge in [-0.2, -0.15) is 5.10 Å². The molecule has 1 aliphatic heterocycles. The van der Waals surface area contributed by atoms with E-state index in [1.807, 2.05) is 19.1 Å². The first-order valence-electron chi connectivity index (χ1n) is 11.5. The number of aryl methyl sites for hydroxylation is 2. The van der Waals surface area contributed by atoms with Gasteiger partial charge < -0.3 is 10.4 Å². The van der Waals surface area contributed by atoms with E-state index >= 15 is 0 Å². The second-order valence-electron chi connectivity index (χ2n) is 9.04. The highest BCUT2D eigenvalue weighted by Crippen LogP contribution is 2.51. The molecule has 4 heterocycles. The molecule has 0 spiro atoms. The Morgan fingerprint density at radius 1 is 1.09 bits per heavy atom. The van der Waals surface area contributed by atoms with Gasteiger partial charge in [0.25, 0.3) is 0 Å². The molecule has 3 aromatic heterocycles. The Morgan fingerprint density at radius 2 is 1.91 bits per heavy atom. The molecule has 8 heteroatoms. The highest BCUT2D eigenvalue weighted by molar-refractivity contribution is 7.10. The molecular formula is C27H23N3O3S2. The summed E-state index contributed by atoms with van der Waals surface area (Å²) in [7, 11) is 0. The van der Waals surface area contributed by atoms with Gasteiger partial charge in [0.15, 0.2) is 5.78 Å². The summed E-state index contributed by atoms with van der Waals surface area (Å²) in [6.07, 6.45) is 1.22. The van der Waals surface area contributed by atoms with E-state index in [1.54, 1.807) is 45.6 Å². The summed E-state index contributed by atoms with van der Waals surface area (Å²) < 4.78 is 1.70. The largest absolute Gasteiger partial charge is 0.478 e. The number of carbonyl (C=O) groups excluding carboxylic acids is 1. The van der Waals surface area contributed by atoms with Crippen molar-refractivity contribution in [3.8, 4) is 5.69 Å². The van der Waals surface area contributed by atoms with Crippen LogP contribution in [0.25, 0.3) is 5.69 Å². The third kappa shape index (κ3) is 3.47. The lowest BCUT2D eigenvalue weighted by Crippen LogP contribution is -2.30. The number of carboxylic acids is 1. The lowest BCUT2D eigenvalue weighted by Gasteiger charge is -2.35. The summed E-state index contributed by atoms with van der Waals surface area (Å²) >= 11 is 3.34. The maximum Gasteiger partial charge on any atom is 0.337 e. The molecule has 4 aromatic rings. The molecule has 6 nitrogen and oxygen atoms in total. The smallest absolute Gasteiger partial charge is 0.337 e. The number of benzene rings is 1. The molecule has 0 amide bonds. The molecule has 1 aromatic carbocycles. The van der Waals surface area contributed by atoms with Crippen molar-refractivity contribution in [1.29, 1.82) is 0 Å². The molecule has 0 radical (unpaired) electrons. The Labute approximate surface area is 210 Å². The van der Waals surface area contributed by atoms with Gasteiger partial charge in [0.1, 0.15) is 5.82 Å². The van der Waals surface area contributed by atoms with Gasteiger partial charge in [-0.05, 0) is 60.9 Å². The van der Waals surface area contributed by atoms with Crippen molar-refractivity contribution in [1.82, 2.24) is 9.78 Å². The molecule has 35 heavy (non-hydrogen) atoms. The zero-order valence-corrected chi connectivity index (χ0v) is 20.9. The van der Waals surface area contributed by atoms with Crippen molar-refractivity contribution < 1.29 is 14.7 Å². The van der Waals surface area contributed by atoms with E-state index in [0.29, 0.717) is 12.1 Å². The third-order valence-electron chi connectivity index (χ3n) is 6.93. The minimum Gasteiger partial charge on any atom is -0.478 e. The molecule has 0 saturated heterocycles. The number of aromatic carboxylic acids is 1. The third-order valence-corrected chi connectivity index (χ3v) is 9.05. The van der Waals surface area contributed by atoms with E-state index in [0.717, 1.165) is 45.2 Å².